The molecule has 0 heterocycles. The summed E-state index contributed by atoms with van der Waals surface area (Å²) in [5.74, 6) is -0.444. The van der Waals surface area contributed by atoms with Crippen LogP contribution in [0.3, 0.4) is 0 Å². The van der Waals surface area contributed by atoms with Crippen LogP contribution in [0.25, 0.3) is 0 Å². The molecule has 7 heteroatoms. The van der Waals surface area contributed by atoms with Crippen molar-refractivity contribution in [2.75, 3.05) is 6.54 Å². The number of rotatable bonds is 11. The molecule has 0 aliphatic heterocycles. The van der Waals surface area contributed by atoms with Gasteiger partial charge in [0.05, 0.1) is 0 Å². The van der Waals surface area contributed by atoms with Crippen molar-refractivity contribution in [2.45, 2.75) is 123 Å². The van der Waals surface area contributed by atoms with Crippen molar-refractivity contribution in [3.05, 3.63) is 35.4 Å². The average Bonchev–Trinajstić information content (AvgIpc) is 2.81. The molecule has 1 aromatic carbocycles. The van der Waals surface area contributed by atoms with E-state index in [0.29, 0.717) is 6.54 Å². The van der Waals surface area contributed by atoms with Crippen LogP contribution in [0.1, 0.15) is 110 Å². The summed E-state index contributed by atoms with van der Waals surface area (Å²) in [6.45, 7) is 11.6. The predicted octanol–water partition coefficient (Wildman–Crippen LogP) is 5.81. The van der Waals surface area contributed by atoms with Crippen LogP contribution in [0.2, 0.25) is 0 Å². The van der Waals surface area contributed by atoms with E-state index in [-0.39, 0.29) is 17.9 Å². The highest BCUT2D eigenvalue weighted by Crippen LogP contribution is 2.26. The summed E-state index contributed by atoms with van der Waals surface area (Å²) >= 11 is 0. The molecule has 2 atom stereocenters. The lowest BCUT2D eigenvalue weighted by molar-refractivity contribution is -0.142. The van der Waals surface area contributed by atoms with Crippen molar-refractivity contribution in [1.82, 2.24) is 15.5 Å². The summed E-state index contributed by atoms with van der Waals surface area (Å²) in [6.07, 6.45) is 8.60. The molecule has 0 bridgehead atoms. The molecule has 0 radical (unpaired) electrons. The van der Waals surface area contributed by atoms with E-state index in [4.69, 9.17) is 4.74 Å². The molecular formula is C29H47N3O4. The van der Waals surface area contributed by atoms with E-state index in [1.807, 2.05) is 31.2 Å². The molecule has 1 aliphatic rings. The Balaban J connectivity index is 2.32. The van der Waals surface area contributed by atoms with Gasteiger partial charge in [-0.05, 0) is 59.4 Å². The molecule has 1 aromatic rings. The zero-order chi connectivity index (χ0) is 26.7. The standard InChI is InChI=1S/C29H47N3O4/c1-7-8-9-13-20-32(27(34)22(3)30-28(35)36-29(4,5)6)25(23-18-16-21(2)17-19-23)26(33)31-24-14-11-10-12-15-24/h16-19,22,24-25H,7-15,20H2,1-6H3,(H,30,35)(H,31,33). The first kappa shape index (κ1) is 29.7. The van der Waals surface area contributed by atoms with Gasteiger partial charge in [0.2, 0.25) is 11.8 Å². The lowest BCUT2D eigenvalue weighted by atomic mass is 9.94. The molecular weight excluding hydrogens is 454 g/mol. The smallest absolute Gasteiger partial charge is 0.408 e. The molecule has 1 aliphatic carbocycles. The van der Waals surface area contributed by atoms with E-state index in [9.17, 15) is 14.4 Å². The summed E-state index contributed by atoms with van der Waals surface area (Å²) in [5, 5.41) is 5.90. The number of aryl methyl sites for hydroxylation is 1. The normalized spacial score (nSPS) is 16.1. The topological polar surface area (TPSA) is 87.7 Å². The third-order valence-corrected chi connectivity index (χ3v) is 6.54. The maximum atomic E-state index is 13.8. The van der Waals surface area contributed by atoms with Gasteiger partial charge >= 0.3 is 6.09 Å². The SMILES string of the molecule is CCCCCCN(C(=O)C(C)NC(=O)OC(C)(C)C)C(C(=O)NC1CCCCC1)c1ccc(C)cc1. The molecule has 0 spiro atoms. The molecule has 1 saturated carbocycles. The highest BCUT2D eigenvalue weighted by atomic mass is 16.6. The summed E-state index contributed by atoms with van der Waals surface area (Å²) in [6, 6.07) is 6.34. The number of nitrogens with one attached hydrogen (secondary N) is 2. The number of carbonyl (C=O) groups excluding carboxylic acids is 3. The highest BCUT2D eigenvalue weighted by Gasteiger charge is 2.35. The van der Waals surface area contributed by atoms with Gasteiger partial charge in [-0.1, -0.05) is 75.3 Å². The first-order valence-corrected chi connectivity index (χ1v) is 13.7. The van der Waals surface area contributed by atoms with Crippen LogP contribution in [-0.4, -0.2) is 47.0 Å². The molecule has 3 amide bonds. The number of benzene rings is 1. The molecule has 36 heavy (non-hydrogen) atoms. The second kappa shape index (κ2) is 14.2. The molecule has 7 nitrogen and oxygen atoms in total. The molecule has 1 fully saturated rings. The Labute approximate surface area is 217 Å². The summed E-state index contributed by atoms with van der Waals surface area (Å²) in [7, 11) is 0. The van der Waals surface area contributed by atoms with E-state index in [1.54, 1.807) is 32.6 Å². The van der Waals surface area contributed by atoms with Gasteiger partial charge in [-0.15, -0.1) is 0 Å². The first-order valence-electron chi connectivity index (χ1n) is 13.7. The van der Waals surface area contributed by atoms with E-state index >= 15 is 0 Å². The van der Waals surface area contributed by atoms with Crippen molar-refractivity contribution in [2.24, 2.45) is 0 Å². The third kappa shape index (κ3) is 9.82. The Kier molecular flexibility index (Phi) is 11.7. The second-order valence-corrected chi connectivity index (χ2v) is 11.1. The Hall–Kier alpha value is -2.57. The Morgan fingerprint density at radius 2 is 1.67 bits per heavy atom. The fourth-order valence-electron chi connectivity index (χ4n) is 4.62. The molecule has 2 rings (SSSR count). The average molecular weight is 502 g/mol. The van der Waals surface area contributed by atoms with Gasteiger partial charge in [0.1, 0.15) is 17.7 Å². The fraction of sp³-hybridized carbons (Fsp3) is 0.690. The van der Waals surface area contributed by atoms with E-state index in [2.05, 4.69) is 17.6 Å². The fourth-order valence-corrected chi connectivity index (χ4v) is 4.62. The van der Waals surface area contributed by atoms with E-state index in [1.165, 1.54) is 6.42 Å². The van der Waals surface area contributed by atoms with Gasteiger partial charge in [0, 0.05) is 12.6 Å². The van der Waals surface area contributed by atoms with Crippen molar-refractivity contribution in [3.8, 4) is 0 Å². The van der Waals surface area contributed by atoms with Crippen LogP contribution < -0.4 is 10.6 Å². The number of alkyl carbamates (subject to hydrolysis) is 1. The Bertz CT molecular complexity index is 841. The molecule has 2 N–H and O–H groups in total. The summed E-state index contributed by atoms with van der Waals surface area (Å²) < 4.78 is 5.36. The van der Waals surface area contributed by atoms with Gasteiger partial charge in [0.25, 0.3) is 0 Å². The molecule has 0 saturated heterocycles. The van der Waals surface area contributed by atoms with Crippen molar-refractivity contribution in [1.29, 1.82) is 0 Å². The van der Waals surface area contributed by atoms with Gasteiger partial charge < -0.3 is 20.3 Å². The van der Waals surface area contributed by atoms with Crippen LogP contribution in [0.4, 0.5) is 4.79 Å². The highest BCUT2D eigenvalue weighted by molar-refractivity contribution is 5.92. The maximum Gasteiger partial charge on any atom is 0.408 e. The summed E-state index contributed by atoms with van der Waals surface area (Å²) in [5.41, 5.74) is 1.20. The van der Waals surface area contributed by atoms with Crippen molar-refractivity contribution >= 4 is 17.9 Å². The van der Waals surface area contributed by atoms with E-state index < -0.39 is 23.8 Å². The lowest BCUT2D eigenvalue weighted by Crippen LogP contribution is -2.53. The Morgan fingerprint density at radius 1 is 1.03 bits per heavy atom. The zero-order valence-corrected chi connectivity index (χ0v) is 23.2. The zero-order valence-electron chi connectivity index (χ0n) is 23.2. The van der Waals surface area contributed by atoms with Gasteiger partial charge in [-0.2, -0.15) is 0 Å². The summed E-state index contributed by atoms with van der Waals surface area (Å²) in [4.78, 5) is 41.5. The van der Waals surface area contributed by atoms with E-state index in [0.717, 1.165) is 62.5 Å². The number of ether oxygens (including phenoxy) is 1. The monoisotopic (exact) mass is 501 g/mol. The number of hydrogen-bond donors (Lipinski definition) is 2. The first-order chi connectivity index (χ1) is 17.0. The van der Waals surface area contributed by atoms with Crippen LogP contribution in [0, 0.1) is 6.92 Å². The predicted molar refractivity (Wildman–Crippen MR) is 144 cm³/mol. The molecule has 202 valence electrons. The number of carbonyl (C=O) groups is 3. The molecule has 0 aromatic heterocycles. The number of nitrogens with zero attached hydrogens (tertiary/aromatic N) is 1. The minimum Gasteiger partial charge on any atom is -0.444 e. The van der Waals surface area contributed by atoms with Gasteiger partial charge in [-0.3, -0.25) is 9.59 Å². The van der Waals surface area contributed by atoms with Crippen LogP contribution in [0.15, 0.2) is 24.3 Å². The third-order valence-electron chi connectivity index (χ3n) is 6.54. The maximum absolute atomic E-state index is 13.8. The van der Waals surface area contributed by atoms with Gasteiger partial charge in [-0.25, -0.2) is 4.79 Å². The quantitative estimate of drug-likeness (QED) is 0.375. The number of amides is 3. The van der Waals surface area contributed by atoms with Crippen LogP contribution in [-0.2, 0) is 14.3 Å². The number of unbranched alkanes of at least 4 members (excludes halogenated alkanes) is 3. The Morgan fingerprint density at radius 3 is 2.25 bits per heavy atom. The van der Waals surface area contributed by atoms with Crippen LogP contribution >= 0.6 is 0 Å². The minimum atomic E-state index is -0.832. The van der Waals surface area contributed by atoms with Crippen LogP contribution in [0.5, 0.6) is 0 Å². The minimum absolute atomic E-state index is 0.133. The largest absolute Gasteiger partial charge is 0.444 e. The lowest BCUT2D eigenvalue weighted by Gasteiger charge is -2.35. The van der Waals surface area contributed by atoms with Crippen molar-refractivity contribution in [3.63, 3.8) is 0 Å². The van der Waals surface area contributed by atoms with Crippen molar-refractivity contribution < 1.29 is 19.1 Å². The molecule has 2 unspecified atom stereocenters. The number of hydrogen-bond acceptors (Lipinski definition) is 4. The van der Waals surface area contributed by atoms with Gasteiger partial charge in [0.15, 0.2) is 0 Å². The second-order valence-electron chi connectivity index (χ2n) is 11.1.